The van der Waals surface area contributed by atoms with Gasteiger partial charge in [-0.15, -0.1) is 0 Å². The predicted octanol–water partition coefficient (Wildman–Crippen LogP) is 3.42. The highest BCUT2D eigenvalue weighted by Gasteiger charge is 2.20. The van der Waals surface area contributed by atoms with Crippen molar-refractivity contribution in [1.82, 2.24) is 24.7 Å². The van der Waals surface area contributed by atoms with Crippen LogP contribution < -0.4 is 0 Å². The largest absolute Gasteiger partial charge is 0.335 e. The third kappa shape index (κ3) is 2.24. The average molecular weight is 334 g/mol. The number of rotatable bonds is 1. The van der Waals surface area contributed by atoms with Gasteiger partial charge in [0, 0.05) is 12.5 Å². The summed E-state index contributed by atoms with van der Waals surface area (Å²) in [7, 11) is 1.94. The van der Waals surface area contributed by atoms with Gasteiger partial charge in [-0.2, -0.15) is 5.10 Å². The maximum atomic E-state index is 4.61. The van der Waals surface area contributed by atoms with Crippen LogP contribution in [0.15, 0.2) is 22.9 Å². The summed E-state index contributed by atoms with van der Waals surface area (Å²) in [5, 5.41) is 4.58. The zero-order valence-electron chi connectivity index (χ0n) is 11.9. The van der Waals surface area contributed by atoms with Crippen molar-refractivity contribution in [3.63, 3.8) is 0 Å². The normalized spacial score (nSPS) is 12.2. The van der Waals surface area contributed by atoms with Crippen LogP contribution >= 0.6 is 15.9 Å². The van der Waals surface area contributed by atoms with E-state index in [1.54, 1.807) is 6.20 Å². The van der Waals surface area contributed by atoms with Gasteiger partial charge < -0.3 is 4.98 Å². The highest BCUT2D eigenvalue weighted by Crippen LogP contribution is 2.27. The molecule has 3 aromatic heterocycles. The molecule has 0 aliphatic heterocycles. The molecule has 0 unspecified atom stereocenters. The predicted molar refractivity (Wildman–Crippen MR) is 82.5 cm³/mol. The minimum absolute atomic E-state index is 0.0204. The van der Waals surface area contributed by atoms with Gasteiger partial charge in [-0.3, -0.25) is 4.68 Å². The molecule has 6 heteroatoms. The van der Waals surface area contributed by atoms with Gasteiger partial charge in [-0.1, -0.05) is 20.8 Å². The van der Waals surface area contributed by atoms with Crippen LogP contribution in [0.1, 0.15) is 26.5 Å². The van der Waals surface area contributed by atoms with E-state index in [0.717, 1.165) is 32.8 Å². The third-order valence-electron chi connectivity index (χ3n) is 3.22. The molecule has 0 aliphatic carbocycles. The second kappa shape index (κ2) is 4.41. The van der Waals surface area contributed by atoms with Crippen LogP contribution in [0.3, 0.4) is 0 Å². The number of hydrogen-bond donors (Lipinski definition) is 1. The molecule has 0 bridgehead atoms. The lowest BCUT2D eigenvalue weighted by Crippen LogP contribution is -2.12. The Hall–Kier alpha value is -1.69. The number of aryl methyl sites for hydroxylation is 1. The second-order valence-corrected chi connectivity index (χ2v) is 6.71. The highest BCUT2D eigenvalue weighted by molar-refractivity contribution is 9.10. The molecule has 3 rings (SSSR count). The van der Waals surface area contributed by atoms with Crippen molar-refractivity contribution < 1.29 is 0 Å². The lowest BCUT2D eigenvalue weighted by atomic mass is 9.92. The fourth-order valence-electron chi connectivity index (χ4n) is 2.06. The Balaban J connectivity index is 2.13. The van der Waals surface area contributed by atoms with Crippen molar-refractivity contribution in [3.8, 4) is 11.5 Å². The third-order valence-corrected chi connectivity index (χ3v) is 3.66. The van der Waals surface area contributed by atoms with Crippen molar-refractivity contribution >= 4 is 27.0 Å². The van der Waals surface area contributed by atoms with Gasteiger partial charge in [0.15, 0.2) is 5.82 Å². The molecule has 0 saturated carbocycles. The zero-order chi connectivity index (χ0) is 14.5. The first-order chi connectivity index (χ1) is 9.34. The van der Waals surface area contributed by atoms with E-state index in [1.807, 2.05) is 17.8 Å². The van der Waals surface area contributed by atoms with Gasteiger partial charge in [0.25, 0.3) is 0 Å². The Morgan fingerprint density at radius 3 is 2.65 bits per heavy atom. The molecule has 5 nitrogen and oxygen atoms in total. The summed E-state index contributed by atoms with van der Waals surface area (Å²) >= 11 is 3.36. The summed E-state index contributed by atoms with van der Waals surface area (Å²) in [6, 6.07) is 3.98. The minimum Gasteiger partial charge on any atom is -0.335 e. The topological polar surface area (TPSA) is 59.4 Å². The quantitative estimate of drug-likeness (QED) is 0.694. The number of nitrogens with zero attached hydrogens (tertiary/aromatic N) is 4. The van der Waals surface area contributed by atoms with Crippen LogP contribution in [0.4, 0.5) is 0 Å². The van der Waals surface area contributed by atoms with Gasteiger partial charge in [0.05, 0.1) is 22.9 Å². The summed E-state index contributed by atoms with van der Waals surface area (Å²) in [6.07, 6.45) is 1.77. The first kappa shape index (κ1) is 13.3. The van der Waals surface area contributed by atoms with Crippen LogP contribution in [-0.2, 0) is 12.5 Å². The van der Waals surface area contributed by atoms with Crippen LogP contribution in [0.25, 0.3) is 22.6 Å². The van der Waals surface area contributed by atoms with Crippen LogP contribution in [0, 0.1) is 0 Å². The summed E-state index contributed by atoms with van der Waals surface area (Å²) in [5.74, 6) is 0.811. The molecule has 3 aromatic rings. The fourth-order valence-corrected chi connectivity index (χ4v) is 2.38. The summed E-state index contributed by atoms with van der Waals surface area (Å²) in [6.45, 7) is 6.45. The molecule has 0 aliphatic rings. The van der Waals surface area contributed by atoms with E-state index in [9.17, 15) is 0 Å². The van der Waals surface area contributed by atoms with Crippen molar-refractivity contribution in [3.05, 3.63) is 28.6 Å². The Morgan fingerprint density at radius 2 is 2.00 bits per heavy atom. The zero-order valence-corrected chi connectivity index (χ0v) is 13.5. The Bertz CT molecular complexity index is 779. The number of H-pyrrole nitrogens is 1. The second-order valence-electron chi connectivity index (χ2n) is 5.90. The maximum absolute atomic E-state index is 4.61. The first-order valence-corrected chi connectivity index (χ1v) is 7.20. The van der Waals surface area contributed by atoms with Crippen molar-refractivity contribution in [1.29, 1.82) is 0 Å². The number of fused-ring (bicyclic) bond motifs is 1. The molecule has 0 spiro atoms. The molecule has 0 aromatic carbocycles. The lowest BCUT2D eigenvalue weighted by molar-refractivity contribution is 0.553. The highest BCUT2D eigenvalue weighted by atomic mass is 79.9. The van der Waals surface area contributed by atoms with Gasteiger partial charge in [0.1, 0.15) is 10.3 Å². The van der Waals surface area contributed by atoms with Gasteiger partial charge in [-0.05, 0) is 28.1 Å². The minimum atomic E-state index is 0.0204. The Morgan fingerprint density at radius 1 is 1.25 bits per heavy atom. The van der Waals surface area contributed by atoms with E-state index in [-0.39, 0.29) is 5.41 Å². The molecule has 0 radical (unpaired) electrons. The summed E-state index contributed by atoms with van der Waals surface area (Å²) in [5.41, 5.74) is 3.85. The molecular formula is C14H16BrN5. The number of nitrogens with one attached hydrogen (secondary N) is 1. The Labute approximate surface area is 125 Å². The summed E-state index contributed by atoms with van der Waals surface area (Å²) < 4.78 is 2.64. The van der Waals surface area contributed by atoms with E-state index in [2.05, 4.69) is 62.8 Å². The SMILES string of the molecule is Cn1nc(C(C)(C)C)cc1-c1nc2cc(Br)ncc2[nH]1. The molecule has 0 saturated heterocycles. The molecule has 1 N–H and O–H groups in total. The summed E-state index contributed by atoms with van der Waals surface area (Å²) in [4.78, 5) is 12.1. The van der Waals surface area contributed by atoms with E-state index in [4.69, 9.17) is 0 Å². The lowest BCUT2D eigenvalue weighted by Gasteiger charge is -2.13. The van der Waals surface area contributed by atoms with E-state index in [1.165, 1.54) is 0 Å². The number of imidazole rings is 1. The average Bonchev–Trinajstić information content (AvgIpc) is 2.90. The molecule has 0 atom stereocenters. The van der Waals surface area contributed by atoms with Gasteiger partial charge >= 0.3 is 0 Å². The van der Waals surface area contributed by atoms with E-state index >= 15 is 0 Å². The Kier molecular flexibility index (Phi) is 2.93. The standard InChI is InChI=1S/C14H16BrN5/c1-14(2,3)11-6-10(20(4)19-11)13-17-8-5-12(15)16-7-9(8)18-13/h5-7H,1-4H3,(H,17,18). The van der Waals surface area contributed by atoms with Crippen LogP contribution in [0.2, 0.25) is 0 Å². The van der Waals surface area contributed by atoms with Gasteiger partial charge in [0.2, 0.25) is 0 Å². The smallest absolute Gasteiger partial charge is 0.156 e. The molecule has 104 valence electrons. The number of hydrogen-bond acceptors (Lipinski definition) is 3. The fraction of sp³-hybridized carbons (Fsp3) is 0.357. The van der Waals surface area contributed by atoms with Crippen molar-refractivity contribution in [2.45, 2.75) is 26.2 Å². The number of halogens is 1. The van der Waals surface area contributed by atoms with Gasteiger partial charge in [-0.25, -0.2) is 9.97 Å². The monoisotopic (exact) mass is 333 g/mol. The number of aromatic amines is 1. The van der Waals surface area contributed by atoms with E-state index in [0.29, 0.717) is 0 Å². The van der Waals surface area contributed by atoms with Crippen LogP contribution in [0.5, 0.6) is 0 Å². The first-order valence-electron chi connectivity index (χ1n) is 6.41. The molecule has 20 heavy (non-hydrogen) atoms. The molecule has 0 amide bonds. The van der Waals surface area contributed by atoms with Crippen molar-refractivity contribution in [2.75, 3.05) is 0 Å². The maximum Gasteiger partial charge on any atom is 0.156 e. The number of pyridine rings is 1. The van der Waals surface area contributed by atoms with Crippen molar-refractivity contribution in [2.24, 2.45) is 7.05 Å². The number of aromatic nitrogens is 5. The van der Waals surface area contributed by atoms with E-state index < -0.39 is 0 Å². The molecule has 0 fully saturated rings. The molecule has 3 heterocycles. The van der Waals surface area contributed by atoms with Crippen LogP contribution in [-0.4, -0.2) is 24.7 Å². The molecular weight excluding hydrogens is 318 g/mol.